The van der Waals surface area contributed by atoms with Crippen molar-refractivity contribution in [1.29, 1.82) is 5.26 Å². The molecule has 2 aliphatic heterocycles. The largest absolute Gasteiger partial charge is 0.375 e. The Bertz CT molecular complexity index is 272. The summed E-state index contributed by atoms with van der Waals surface area (Å²) in [7, 11) is 0. The first-order valence-electron chi connectivity index (χ1n) is 5.08. The van der Waals surface area contributed by atoms with Crippen molar-refractivity contribution >= 4 is 5.91 Å². The number of hydrogen-bond donors (Lipinski definition) is 1. The normalized spacial score (nSPS) is 34.1. The van der Waals surface area contributed by atoms with Crippen LogP contribution in [0.3, 0.4) is 0 Å². The van der Waals surface area contributed by atoms with Crippen molar-refractivity contribution in [1.82, 2.24) is 5.32 Å². The maximum absolute atomic E-state index is 11.0. The van der Waals surface area contributed by atoms with Crippen molar-refractivity contribution < 1.29 is 9.53 Å². The number of rotatable bonds is 3. The van der Waals surface area contributed by atoms with Crippen LogP contribution in [-0.4, -0.2) is 24.7 Å². The van der Waals surface area contributed by atoms with Gasteiger partial charge >= 0.3 is 0 Å². The lowest BCUT2D eigenvalue weighted by Gasteiger charge is -2.18. The van der Waals surface area contributed by atoms with Crippen molar-refractivity contribution in [2.75, 3.05) is 6.54 Å². The average molecular weight is 194 g/mol. The molecule has 2 rings (SSSR count). The molecule has 2 bridgehead atoms. The minimum Gasteiger partial charge on any atom is -0.375 e. The van der Waals surface area contributed by atoms with E-state index < -0.39 is 0 Å². The predicted octanol–water partition coefficient (Wildman–Crippen LogP) is 0.584. The first kappa shape index (κ1) is 9.47. The number of carbonyl (C=O) groups excluding carboxylic acids is 1. The molecule has 3 unspecified atom stereocenters. The maximum Gasteiger partial charge on any atom is 0.234 e. The number of carbonyl (C=O) groups is 1. The molecule has 3 atom stereocenters. The van der Waals surface area contributed by atoms with E-state index in [0.717, 1.165) is 12.8 Å². The lowest BCUT2D eigenvalue weighted by molar-refractivity contribution is -0.120. The van der Waals surface area contributed by atoms with E-state index in [0.29, 0.717) is 24.7 Å². The van der Waals surface area contributed by atoms with Crippen LogP contribution in [0.15, 0.2) is 0 Å². The highest BCUT2D eigenvalue weighted by atomic mass is 16.5. The fraction of sp³-hybridized carbons (Fsp3) is 0.800. The maximum atomic E-state index is 11.0. The first-order valence-corrected chi connectivity index (χ1v) is 5.08. The third-order valence-electron chi connectivity index (χ3n) is 3.03. The Kier molecular flexibility index (Phi) is 2.69. The summed E-state index contributed by atoms with van der Waals surface area (Å²) in [6.07, 6.45) is 4.11. The molecular formula is C10H14N2O2. The molecule has 1 N–H and O–H groups in total. The van der Waals surface area contributed by atoms with Gasteiger partial charge in [-0.1, -0.05) is 0 Å². The molecule has 2 heterocycles. The van der Waals surface area contributed by atoms with Gasteiger partial charge < -0.3 is 10.1 Å². The van der Waals surface area contributed by atoms with Crippen molar-refractivity contribution in [2.24, 2.45) is 5.92 Å². The molecule has 0 radical (unpaired) electrons. The smallest absolute Gasteiger partial charge is 0.234 e. The molecule has 0 saturated carbocycles. The molecule has 76 valence electrons. The quantitative estimate of drug-likeness (QED) is 0.715. The summed E-state index contributed by atoms with van der Waals surface area (Å²) < 4.78 is 5.66. The van der Waals surface area contributed by atoms with Crippen LogP contribution < -0.4 is 5.32 Å². The average Bonchev–Trinajstić information content (AvgIpc) is 2.76. The highest BCUT2D eigenvalue weighted by Gasteiger charge is 2.40. The summed E-state index contributed by atoms with van der Waals surface area (Å²) >= 11 is 0. The molecule has 0 aliphatic carbocycles. The molecule has 2 fully saturated rings. The SMILES string of the molecule is N#CCC(=O)NCC1CC2CCC1O2. The lowest BCUT2D eigenvalue weighted by Crippen LogP contribution is -2.33. The van der Waals surface area contributed by atoms with Gasteiger partial charge in [-0.25, -0.2) is 0 Å². The fourth-order valence-corrected chi connectivity index (χ4v) is 2.34. The molecular weight excluding hydrogens is 180 g/mol. The number of ether oxygens (including phenoxy) is 1. The van der Waals surface area contributed by atoms with Crippen molar-refractivity contribution in [3.63, 3.8) is 0 Å². The minimum atomic E-state index is -0.171. The van der Waals surface area contributed by atoms with Crippen molar-refractivity contribution in [2.45, 2.75) is 37.9 Å². The molecule has 0 aromatic heterocycles. The van der Waals surface area contributed by atoms with E-state index >= 15 is 0 Å². The van der Waals surface area contributed by atoms with Gasteiger partial charge in [0.2, 0.25) is 5.91 Å². The second-order valence-corrected chi connectivity index (χ2v) is 4.01. The molecule has 4 heteroatoms. The predicted molar refractivity (Wildman–Crippen MR) is 49.2 cm³/mol. The molecule has 4 nitrogen and oxygen atoms in total. The van der Waals surface area contributed by atoms with E-state index in [1.807, 2.05) is 6.07 Å². The van der Waals surface area contributed by atoms with Crippen LogP contribution in [0, 0.1) is 17.2 Å². The Hall–Kier alpha value is -1.08. The van der Waals surface area contributed by atoms with E-state index in [2.05, 4.69) is 5.32 Å². The van der Waals surface area contributed by atoms with E-state index in [1.54, 1.807) is 0 Å². The Morgan fingerprint density at radius 1 is 1.57 bits per heavy atom. The van der Waals surface area contributed by atoms with Crippen LogP contribution in [-0.2, 0) is 9.53 Å². The first-order chi connectivity index (χ1) is 6.79. The van der Waals surface area contributed by atoms with Gasteiger partial charge in [-0.15, -0.1) is 0 Å². The number of fused-ring (bicyclic) bond motifs is 2. The molecule has 2 saturated heterocycles. The van der Waals surface area contributed by atoms with Crippen LogP contribution in [0.1, 0.15) is 25.7 Å². The third kappa shape index (κ3) is 1.88. The van der Waals surface area contributed by atoms with Crippen LogP contribution in [0.25, 0.3) is 0 Å². The van der Waals surface area contributed by atoms with Crippen molar-refractivity contribution in [3.05, 3.63) is 0 Å². The van der Waals surface area contributed by atoms with Gasteiger partial charge in [-0.2, -0.15) is 5.26 Å². The number of nitriles is 1. The summed E-state index contributed by atoms with van der Waals surface area (Å²) in [5, 5.41) is 11.1. The number of nitrogens with one attached hydrogen (secondary N) is 1. The van der Waals surface area contributed by atoms with Crippen LogP contribution in [0.5, 0.6) is 0 Å². The van der Waals surface area contributed by atoms with Gasteiger partial charge in [0.05, 0.1) is 18.3 Å². The van der Waals surface area contributed by atoms with Gasteiger partial charge in [-0.05, 0) is 19.3 Å². The third-order valence-corrected chi connectivity index (χ3v) is 3.03. The van der Waals surface area contributed by atoms with Gasteiger partial charge in [0.15, 0.2) is 0 Å². The standard InChI is InChI=1S/C10H14N2O2/c11-4-3-10(13)12-6-7-5-8-1-2-9(7)14-8/h7-9H,1-3,5-6H2,(H,12,13). The number of hydrogen-bond acceptors (Lipinski definition) is 3. The second-order valence-electron chi connectivity index (χ2n) is 4.01. The van der Waals surface area contributed by atoms with E-state index in [9.17, 15) is 4.79 Å². The van der Waals surface area contributed by atoms with E-state index in [4.69, 9.17) is 10.00 Å². The fourth-order valence-electron chi connectivity index (χ4n) is 2.34. The van der Waals surface area contributed by atoms with Crippen LogP contribution in [0.2, 0.25) is 0 Å². The Morgan fingerprint density at radius 3 is 3.00 bits per heavy atom. The zero-order chi connectivity index (χ0) is 9.97. The molecule has 2 aliphatic rings. The second kappa shape index (κ2) is 3.97. The van der Waals surface area contributed by atoms with E-state index in [-0.39, 0.29) is 12.3 Å². The molecule has 14 heavy (non-hydrogen) atoms. The molecule has 0 aromatic rings. The highest BCUT2D eigenvalue weighted by Crippen LogP contribution is 2.38. The Morgan fingerprint density at radius 2 is 2.43 bits per heavy atom. The molecule has 0 spiro atoms. The Balaban J connectivity index is 1.72. The van der Waals surface area contributed by atoms with Crippen LogP contribution >= 0.6 is 0 Å². The number of amides is 1. The zero-order valence-corrected chi connectivity index (χ0v) is 8.03. The summed E-state index contributed by atoms with van der Waals surface area (Å²) in [5.41, 5.74) is 0. The molecule has 1 amide bonds. The topological polar surface area (TPSA) is 62.1 Å². The van der Waals surface area contributed by atoms with E-state index in [1.165, 1.54) is 6.42 Å². The summed E-state index contributed by atoms with van der Waals surface area (Å²) in [5.74, 6) is 0.298. The summed E-state index contributed by atoms with van der Waals surface area (Å²) in [4.78, 5) is 11.0. The number of nitrogens with zero attached hydrogens (tertiary/aromatic N) is 1. The van der Waals surface area contributed by atoms with Gasteiger partial charge in [-0.3, -0.25) is 4.79 Å². The lowest BCUT2D eigenvalue weighted by atomic mass is 9.89. The highest BCUT2D eigenvalue weighted by molar-refractivity contribution is 5.77. The van der Waals surface area contributed by atoms with Gasteiger partial charge in [0.1, 0.15) is 6.42 Å². The van der Waals surface area contributed by atoms with Crippen molar-refractivity contribution in [3.8, 4) is 6.07 Å². The van der Waals surface area contributed by atoms with Gasteiger partial charge in [0.25, 0.3) is 0 Å². The minimum absolute atomic E-state index is 0.0400. The molecule has 0 aromatic carbocycles. The van der Waals surface area contributed by atoms with Crippen LogP contribution in [0.4, 0.5) is 0 Å². The summed E-state index contributed by atoms with van der Waals surface area (Å²) in [6.45, 7) is 0.668. The Labute approximate surface area is 83.2 Å². The zero-order valence-electron chi connectivity index (χ0n) is 8.03. The summed E-state index contributed by atoms with van der Waals surface area (Å²) in [6, 6.07) is 1.83. The monoisotopic (exact) mass is 194 g/mol. The van der Waals surface area contributed by atoms with Gasteiger partial charge in [0, 0.05) is 12.5 Å².